The predicted octanol–water partition coefficient (Wildman–Crippen LogP) is 3.75. The molecule has 0 atom stereocenters. The van der Waals surface area contributed by atoms with E-state index in [4.69, 9.17) is 20.6 Å². The zero-order valence-corrected chi connectivity index (χ0v) is 17.6. The van der Waals surface area contributed by atoms with Gasteiger partial charge in [-0.3, -0.25) is 4.79 Å². The molecule has 1 aromatic heterocycles. The van der Waals surface area contributed by atoms with Crippen molar-refractivity contribution in [3.05, 3.63) is 71.8 Å². The van der Waals surface area contributed by atoms with Gasteiger partial charge >= 0.3 is 0 Å². The molecule has 2 aromatic carbocycles. The Bertz CT molecular complexity index is 1090. The normalized spacial score (nSPS) is 10.1. The first kappa shape index (κ1) is 21.7. The van der Waals surface area contributed by atoms with Crippen molar-refractivity contribution < 1.29 is 19.0 Å². The minimum absolute atomic E-state index is 0.185. The first-order valence-corrected chi connectivity index (χ1v) is 9.77. The first-order chi connectivity index (χ1) is 15.1. The van der Waals surface area contributed by atoms with Crippen LogP contribution in [0.15, 0.2) is 60.7 Å². The number of carbonyl (C=O) groups excluding carboxylic acids is 1. The van der Waals surface area contributed by atoms with E-state index >= 15 is 0 Å². The predicted molar refractivity (Wildman–Crippen MR) is 120 cm³/mol. The second kappa shape index (κ2) is 10.7. The van der Waals surface area contributed by atoms with Gasteiger partial charge in [-0.2, -0.15) is 0 Å². The number of methoxy groups -OCH3 is 2. The maximum Gasteiger partial charge on any atom is 0.252 e. The lowest BCUT2D eigenvalue weighted by atomic mass is 10.1. The van der Waals surface area contributed by atoms with Crippen molar-refractivity contribution >= 4 is 5.91 Å². The highest BCUT2D eigenvalue weighted by atomic mass is 16.5. The van der Waals surface area contributed by atoms with E-state index in [1.54, 1.807) is 26.4 Å². The van der Waals surface area contributed by atoms with Crippen molar-refractivity contribution in [3.63, 3.8) is 0 Å². The Hall–Kier alpha value is -3.98. The van der Waals surface area contributed by atoms with E-state index in [0.29, 0.717) is 36.0 Å². The fraction of sp³-hybridized carbons (Fsp3) is 0.200. The quantitative estimate of drug-likeness (QED) is 0.538. The van der Waals surface area contributed by atoms with E-state index in [-0.39, 0.29) is 12.5 Å². The summed E-state index contributed by atoms with van der Waals surface area (Å²) in [5, 5.41) is 2.66. The van der Waals surface area contributed by atoms with Crippen molar-refractivity contribution in [2.45, 2.75) is 6.42 Å². The molecule has 0 radical (unpaired) electrons. The van der Waals surface area contributed by atoms with Gasteiger partial charge in [-0.25, -0.2) is 4.98 Å². The van der Waals surface area contributed by atoms with Crippen LogP contribution >= 0.6 is 0 Å². The van der Waals surface area contributed by atoms with Crippen LogP contribution in [0.4, 0.5) is 0 Å². The van der Waals surface area contributed by atoms with Crippen molar-refractivity contribution in [1.29, 1.82) is 0 Å². The summed E-state index contributed by atoms with van der Waals surface area (Å²) in [6, 6.07) is 18.6. The molecule has 0 unspecified atom stereocenters. The summed E-state index contributed by atoms with van der Waals surface area (Å²) >= 11 is 0. The lowest BCUT2D eigenvalue weighted by molar-refractivity contribution is 0.0958. The van der Waals surface area contributed by atoms with Gasteiger partial charge in [0.15, 0.2) is 11.5 Å². The Kier molecular flexibility index (Phi) is 7.50. The number of hydrogen-bond acceptors (Lipinski definition) is 5. The molecule has 1 heterocycles. The van der Waals surface area contributed by atoms with Crippen LogP contribution in [0.3, 0.4) is 0 Å². The number of carbonyl (C=O) groups is 1. The third-order valence-corrected chi connectivity index (χ3v) is 4.58. The van der Waals surface area contributed by atoms with E-state index in [1.807, 2.05) is 48.5 Å². The largest absolute Gasteiger partial charge is 0.493 e. The SMILES string of the molecule is C#CCNC(=O)c1cccc(-c2cccc(OCCc3ccc(OC)c(OC)c3)n2)c1. The Morgan fingerprint density at radius 2 is 1.84 bits per heavy atom. The Labute approximate surface area is 182 Å². The molecule has 158 valence electrons. The number of aromatic nitrogens is 1. The number of pyridine rings is 1. The van der Waals surface area contributed by atoms with Crippen LogP contribution in [0.5, 0.6) is 17.4 Å². The molecule has 0 aliphatic heterocycles. The highest BCUT2D eigenvalue weighted by Crippen LogP contribution is 2.28. The molecule has 0 saturated heterocycles. The Morgan fingerprint density at radius 1 is 1.03 bits per heavy atom. The Morgan fingerprint density at radius 3 is 2.61 bits per heavy atom. The van der Waals surface area contributed by atoms with Gasteiger partial charge in [0.2, 0.25) is 5.88 Å². The summed E-state index contributed by atoms with van der Waals surface area (Å²) in [4.78, 5) is 16.7. The summed E-state index contributed by atoms with van der Waals surface area (Å²) in [7, 11) is 3.22. The van der Waals surface area contributed by atoms with Crippen LogP contribution < -0.4 is 19.5 Å². The molecular formula is C25H24N2O4. The monoisotopic (exact) mass is 416 g/mol. The number of amides is 1. The van der Waals surface area contributed by atoms with Gasteiger partial charge in [-0.15, -0.1) is 6.42 Å². The van der Waals surface area contributed by atoms with E-state index in [9.17, 15) is 4.79 Å². The number of nitrogens with one attached hydrogen (secondary N) is 1. The average Bonchev–Trinajstić information content (AvgIpc) is 2.82. The van der Waals surface area contributed by atoms with Crippen LogP contribution in [0, 0.1) is 12.3 Å². The smallest absolute Gasteiger partial charge is 0.252 e. The maximum absolute atomic E-state index is 12.1. The number of terminal acetylenes is 1. The second-order valence-corrected chi connectivity index (χ2v) is 6.62. The molecular weight excluding hydrogens is 392 g/mol. The van der Waals surface area contributed by atoms with Crippen LogP contribution in [-0.4, -0.2) is 38.3 Å². The minimum atomic E-state index is -0.220. The van der Waals surface area contributed by atoms with E-state index in [2.05, 4.69) is 16.2 Å². The molecule has 3 aromatic rings. The second-order valence-electron chi connectivity index (χ2n) is 6.62. The molecule has 31 heavy (non-hydrogen) atoms. The van der Waals surface area contributed by atoms with E-state index in [0.717, 1.165) is 16.8 Å². The number of ether oxygens (including phenoxy) is 3. The molecule has 0 spiro atoms. The topological polar surface area (TPSA) is 69.7 Å². The van der Waals surface area contributed by atoms with Crippen LogP contribution in [0.1, 0.15) is 15.9 Å². The number of rotatable bonds is 9. The van der Waals surface area contributed by atoms with Gasteiger partial charge in [0, 0.05) is 23.6 Å². The first-order valence-electron chi connectivity index (χ1n) is 9.77. The van der Waals surface area contributed by atoms with Gasteiger partial charge in [-0.1, -0.05) is 30.2 Å². The van der Waals surface area contributed by atoms with Gasteiger partial charge < -0.3 is 19.5 Å². The van der Waals surface area contributed by atoms with Crippen molar-refractivity contribution in [3.8, 4) is 41.0 Å². The standard InChI is InChI=1S/C25H24N2O4/c1-4-14-26-25(28)20-8-5-7-19(17-20)21-9-6-10-24(27-21)31-15-13-18-11-12-22(29-2)23(16-18)30-3/h1,5-12,16-17H,13-15H2,2-3H3,(H,26,28). The lowest BCUT2D eigenvalue weighted by Crippen LogP contribution is -2.23. The molecule has 0 aliphatic rings. The summed E-state index contributed by atoms with van der Waals surface area (Å²) in [6.45, 7) is 0.644. The molecule has 0 saturated carbocycles. The van der Waals surface area contributed by atoms with Crippen molar-refractivity contribution in [1.82, 2.24) is 10.3 Å². The average molecular weight is 416 g/mol. The van der Waals surface area contributed by atoms with Gasteiger partial charge in [0.25, 0.3) is 5.91 Å². The molecule has 1 amide bonds. The highest BCUT2D eigenvalue weighted by Gasteiger charge is 2.09. The number of hydrogen-bond donors (Lipinski definition) is 1. The third kappa shape index (κ3) is 5.77. The Balaban J connectivity index is 1.66. The molecule has 0 fully saturated rings. The molecule has 6 heteroatoms. The summed E-state index contributed by atoms with van der Waals surface area (Å²) < 4.78 is 16.4. The van der Waals surface area contributed by atoms with Crippen LogP contribution in [-0.2, 0) is 6.42 Å². The van der Waals surface area contributed by atoms with Crippen molar-refractivity contribution in [2.24, 2.45) is 0 Å². The van der Waals surface area contributed by atoms with Crippen molar-refractivity contribution in [2.75, 3.05) is 27.4 Å². The summed E-state index contributed by atoms with van der Waals surface area (Å²) in [5.41, 5.74) is 3.13. The molecule has 1 N–H and O–H groups in total. The van der Waals surface area contributed by atoms with Crippen LogP contribution in [0.25, 0.3) is 11.3 Å². The van der Waals surface area contributed by atoms with E-state index < -0.39 is 0 Å². The lowest BCUT2D eigenvalue weighted by Gasteiger charge is -2.11. The zero-order chi connectivity index (χ0) is 22.1. The zero-order valence-electron chi connectivity index (χ0n) is 17.6. The molecule has 0 bridgehead atoms. The number of nitrogens with zero attached hydrogens (tertiary/aromatic N) is 1. The maximum atomic E-state index is 12.1. The fourth-order valence-electron chi connectivity index (χ4n) is 3.02. The number of benzene rings is 2. The molecule has 0 aliphatic carbocycles. The summed E-state index contributed by atoms with van der Waals surface area (Å²) in [5.74, 6) is 4.06. The third-order valence-electron chi connectivity index (χ3n) is 4.58. The molecule has 6 nitrogen and oxygen atoms in total. The van der Waals surface area contributed by atoms with Crippen LogP contribution in [0.2, 0.25) is 0 Å². The molecule has 3 rings (SSSR count). The fourth-order valence-corrected chi connectivity index (χ4v) is 3.02. The van der Waals surface area contributed by atoms with Gasteiger partial charge in [0.05, 0.1) is 33.1 Å². The van der Waals surface area contributed by atoms with Gasteiger partial charge in [0.1, 0.15) is 0 Å². The van der Waals surface area contributed by atoms with E-state index in [1.165, 1.54) is 0 Å². The summed E-state index contributed by atoms with van der Waals surface area (Å²) in [6.07, 6.45) is 5.89. The highest BCUT2D eigenvalue weighted by molar-refractivity contribution is 5.95. The van der Waals surface area contributed by atoms with Gasteiger partial charge in [-0.05, 0) is 35.9 Å². The minimum Gasteiger partial charge on any atom is -0.493 e.